The predicted molar refractivity (Wildman–Crippen MR) is 47.0 cm³/mol. The van der Waals surface area contributed by atoms with Gasteiger partial charge in [-0.3, -0.25) is 4.79 Å². The van der Waals surface area contributed by atoms with E-state index in [2.05, 4.69) is 10.2 Å². The number of rotatable bonds is 1. The fraction of sp³-hybridized carbons (Fsp3) is 0. The summed E-state index contributed by atoms with van der Waals surface area (Å²) in [4.78, 5) is 11.2. The molecule has 0 bridgehead atoms. The average molecular weight is 177 g/mol. The Balaban J connectivity index is 2.64. The largest absolute Gasteiger partial charge is 0.464 e. The fourth-order valence-electron chi connectivity index (χ4n) is 1.04. The Morgan fingerprint density at radius 2 is 2.38 bits per heavy atom. The number of hydrogen-bond donors (Lipinski definition) is 2. The van der Waals surface area contributed by atoms with Gasteiger partial charge in [0.2, 0.25) is 0 Å². The van der Waals surface area contributed by atoms with Gasteiger partial charge >= 0.3 is 0 Å². The summed E-state index contributed by atoms with van der Waals surface area (Å²) in [5, 5.41) is 5.81. The van der Waals surface area contributed by atoms with E-state index in [9.17, 15) is 4.79 Å². The standard InChI is InChI=1S/C8H7N3O2/c9-7-4-5(8(12)11-10-7)6-2-1-3-13-6/h1-4H,(H2,9,10)(H,11,12). The maximum absolute atomic E-state index is 11.2. The van der Waals surface area contributed by atoms with E-state index < -0.39 is 0 Å². The zero-order valence-electron chi connectivity index (χ0n) is 6.65. The molecule has 0 atom stereocenters. The molecule has 13 heavy (non-hydrogen) atoms. The van der Waals surface area contributed by atoms with Gasteiger partial charge in [0, 0.05) is 0 Å². The first-order valence-corrected chi connectivity index (χ1v) is 3.66. The van der Waals surface area contributed by atoms with Crippen molar-refractivity contribution >= 4 is 5.82 Å². The van der Waals surface area contributed by atoms with Crippen molar-refractivity contribution in [1.29, 1.82) is 0 Å². The maximum Gasteiger partial charge on any atom is 0.275 e. The first-order chi connectivity index (χ1) is 6.27. The number of nitrogens with two attached hydrogens (primary N) is 1. The summed E-state index contributed by atoms with van der Waals surface area (Å²) in [6, 6.07) is 4.85. The Hall–Kier alpha value is -2.04. The van der Waals surface area contributed by atoms with Gasteiger partial charge in [0.25, 0.3) is 5.56 Å². The number of hydrogen-bond acceptors (Lipinski definition) is 4. The van der Waals surface area contributed by atoms with E-state index >= 15 is 0 Å². The van der Waals surface area contributed by atoms with Crippen LogP contribution in [0.1, 0.15) is 0 Å². The third kappa shape index (κ3) is 1.31. The Morgan fingerprint density at radius 3 is 3.08 bits per heavy atom. The Bertz CT molecular complexity index is 458. The van der Waals surface area contributed by atoms with Crippen molar-refractivity contribution in [3.63, 3.8) is 0 Å². The van der Waals surface area contributed by atoms with Gasteiger partial charge in [-0.15, -0.1) is 0 Å². The van der Waals surface area contributed by atoms with Crippen molar-refractivity contribution in [2.24, 2.45) is 0 Å². The van der Waals surface area contributed by atoms with Gasteiger partial charge in [0.15, 0.2) is 0 Å². The van der Waals surface area contributed by atoms with E-state index in [-0.39, 0.29) is 11.4 Å². The van der Waals surface area contributed by atoms with Crippen LogP contribution in [0.4, 0.5) is 5.82 Å². The van der Waals surface area contributed by atoms with Crippen LogP contribution < -0.4 is 11.3 Å². The molecule has 0 aliphatic carbocycles. The molecule has 0 saturated heterocycles. The number of aromatic nitrogens is 2. The Morgan fingerprint density at radius 1 is 1.54 bits per heavy atom. The van der Waals surface area contributed by atoms with Gasteiger partial charge in [-0.2, -0.15) is 5.10 Å². The number of nitrogens with zero attached hydrogens (tertiary/aromatic N) is 1. The molecular weight excluding hydrogens is 170 g/mol. The van der Waals surface area contributed by atoms with Crippen LogP contribution in [0.25, 0.3) is 11.3 Å². The summed E-state index contributed by atoms with van der Waals surface area (Å²) in [6.07, 6.45) is 1.49. The predicted octanol–water partition coefficient (Wildman–Crippen LogP) is 0.612. The van der Waals surface area contributed by atoms with E-state index in [0.29, 0.717) is 11.3 Å². The maximum atomic E-state index is 11.2. The quantitative estimate of drug-likeness (QED) is 0.668. The second-order valence-corrected chi connectivity index (χ2v) is 2.51. The normalized spacial score (nSPS) is 10.2. The smallest absolute Gasteiger partial charge is 0.275 e. The highest BCUT2D eigenvalue weighted by Crippen LogP contribution is 2.15. The number of aromatic amines is 1. The Labute approximate surface area is 73.2 Å². The summed E-state index contributed by atoms with van der Waals surface area (Å²) in [5.74, 6) is 0.737. The Kier molecular flexibility index (Phi) is 1.63. The van der Waals surface area contributed by atoms with E-state index in [0.717, 1.165) is 0 Å². The van der Waals surface area contributed by atoms with Gasteiger partial charge < -0.3 is 10.2 Å². The minimum atomic E-state index is -0.316. The van der Waals surface area contributed by atoms with Gasteiger partial charge in [-0.05, 0) is 18.2 Å². The molecule has 2 aromatic heterocycles. The second-order valence-electron chi connectivity index (χ2n) is 2.51. The average Bonchev–Trinajstić information content (AvgIpc) is 2.61. The topological polar surface area (TPSA) is 84.9 Å². The van der Waals surface area contributed by atoms with Gasteiger partial charge in [0.1, 0.15) is 11.6 Å². The molecule has 2 aromatic rings. The minimum absolute atomic E-state index is 0.256. The first-order valence-electron chi connectivity index (χ1n) is 3.66. The lowest BCUT2D eigenvalue weighted by molar-refractivity contribution is 0.581. The zero-order valence-corrected chi connectivity index (χ0v) is 6.65. The molecule has 5 heteroatoms. The molecule has 2 rings (SSSR count). The highest BCUT2D eigenvalue weighted by Gasteiger charge is 2.06. The third-order valence-electron chi connectivity index (χ3n) is 1.61. The molecule has 2 heterocycles. The van der Waals surface area contributed by atoms with Crippen LogP contribution in [0.2, 0.25) is 0 Å². The molecule has 0 aliphatic rings. The first kappa shape index (κ1) is 7.60. The van der Waals surface area contributed by atoms with Gasteiger partial charge in [0.05, 0.1) is 11.8 Å². The molecule has 0 spiro atoms. The van der Waals surface area contributed by atoms with Crippen LogP contribution in [0.5, 0.6) is 0 Å². The number of anilines is 1. The van der Waals surface area contributed by atoms with E-state index in [1.165, 1.54) is 12.3 Å². The number of nitrogens with one attached hydrogen (secondary N) is 1. The molecular formula is C8H7N3O2. The van der Waals surface area contributed by atoms with Crippen LogP contribution >= 0.6 is 0 Å². The van der Waals surface area contributed by atoms with Crippen LogP contribution in [-0.4, -0.2) is 10.2 Å². The van der Waals surface area contributed by atoms with Crippen molar-refractivity contribution in [3.05, 3.63) is 34.8 Å². The number of nitrogen functional groups attached to an aromatic ring is 1. The fourth-order valence-corrected chi connectivity index (χ4v) is 1.04. The SMILES string of the molecule is Nc1cc(-c2ccco2)c(=O)[nH]n1. The van der Waals surface area contributed by atoms with E-state index in [4.69, 9.17) is 10.2 Å². The monoisotopic (exact) mass is 177 g/mol. The van der Waals surface area contributed by atoms with Gasteiger partial charge in [-0.25, -0.2) is 5.10 Å². The van der Waals surface area contributed by atoms with E-state index in [1.807, 2.05) is 0 Å². The zero-order chi connectivity index (χ0) is 9.26. The van der Waals surface area contributed by atoms with Crippen molar-refractivity contribution in [2.75, 3.05) is 5.73 Å². The molecule has 3 N–H and O–H groups in total. The molecule has 0 saturated carbocycles. The molecule has 66 valence electrons. The molecule has 0 amide bonds. The molecule has 0 aromatic carbocycles. The lowest BCUT2D eigenvalue weighted by Crippen LogP contribution is -2.11. The number of H-pyrrole nitrogens is 1. The summed E-state index contributed by atoms with van der Waals surface area (Å²) in [6.45, 7) is 0. The van der Waals surface area contributed by atoms with Crippen molar-refractivity contribution in [2.45, 2.75) is 0 Å². The molecule has 0 radical (unpaired) electrons. The summed E-state index contributed by atoms with van der Waals surface area (Å²) >= 11 is 0. The summed E-state index contributed by atoms with van der Waals surface area (Å²) in [7, 11) is 0. The highest BCUT2D eigenvalue weighted by molar-refractivity contribution is 5.58. The lowest BCUT2D eigenvalue weighted by Gasteiger charge is -1.95. The molecule has 0 unspecified atom stereocenters. The third-order valence-corrected chi connectivity index (χ3v) is 1.61. The number of furan rings is 1. The minimum Gasteiger partial charge on any atom is -0.464 e. The summed E-state index contributed by atoms with van der Waals surface area (Å²) < 4.78 is 5.05. The molecule has 0 fully saturated rings. The highest BCUT2D eigenvalue weighted by atomic mass is 16.3. The molecule has 0 aliphatic heterocycles. The summed E-state index contributed by atoms with van der Waals surface area (Å²) in [5.41, 5.74) is 5.48. The van der Waals surface area contributed by atoms with Crippen molar-refractivity contribution in [1.82, 2.24) is 10.2 Å². The van der Waals surface area contributed by atoms with Gasteiger partial charge in [-0.1, -0.05) is 0 Å². The van der Waals surface area contributed by atoms with Crippen LogP contribution in [0, 0.1) is 0 Å². The van der Waals surface area contributed by atoms with Crippen molar-refractivity contribution < 1.29 is 4.42 Å². The van der Waals surface area contributed by atoms with Crippen LogP contribution in [0.3, 0.4) is 0 Å². The second kappa shape index (κ2) is 2.78. The van der Waals surface area contributed by atoms with Crippen LogP contribution in [-0.2, 0) is 0 Å². The van der Waals surface area contributed by atoms with Crippen molar-refractivity contribution in [3.8, 4) is 11.3 Å². The van der Waals surface area contributed by atoms with Crippen LogP contribution in [0.15, 0.2) is 33.7 Å². The molecule has 5 nitrogen and oxygen atoms in total. The van der Waals surface area contributed by atoms with E-state index in [1.54, 1.807) is 12.1 Å². The lowest BCUT2D eigenvalue weighted by atomic mass is 10.2.